The summed E-state index contributed by atoms with van der Waals surface area (Å²) in [6, 6.07) is 15.1. The molecule has 0 aromatic heterocycles. The number of fused-ring (bicyclic) bond motifs is 1. The lowest BCUT2D eigenvalue weighted by Crippen LogP contribution is -2.41. The van der Waals surface area contributed by atoms with Gasteiger partial charge >= 0.3 is 0 Å². The summed E-state index contributed by atoms with van der Waals surface area (Å²) in [5.41, 5.74) is 2.74. The van der Waals surface area contributed by atoms with Gasteiger partial charge in [0, 0.05) is 24.6 Å². The Morgan fingerprint density at radius 3 is 2.92 bits per heavy atom. The number of ether oxygens (including phenoxy) is 1. The average molecular weight is 324 g/mol. The minimum Gasteiger partial charge on any atom is -0.484 e. The van der Waals surface area contributed by atoms with Gasteiger partial charge < -0.3 is 15.4 Å². The second kappa shape index (κ2) is 7.17. The molecule has 0 spiro atoms. The molecule has 1 aliphatic rings. The van der Waals surface area contributed by atoms with Crippen LogP contribution in [0.5, 0.6) is 5.75 Å². The van der Waals surface area contributed by atoms with E-state index >= 15 is 0 Å². The molecular formula is C19H20N2O3. The van der Waals surface area contributed by atoms with Gasteiger partial charge in [0.1, 0.15) is 5.75 Å². The Morgan fingerprint density at radius 2 is 2.08 bits per heavy atom. The molecule has 0 saturated heterocycles. The van der Waals surface area contributed by atoms with Crippen LogP contribution in [0.15, 0.2) is 48.5 Å². The molecule has 0 fully saturated rings. The van der Waals surface area contributed by atoms with Gasteiger partial charge in [-0.25, -0.2) is 0 Å². The van der Waals surface area contributed by atoms with E-state index in [0.29, 0.717) is 24.4 Å². The summed E-state index contributed by atoms with van der Waals surface area (Å²) in [5, 5.41) is 5.73. The lowest BCUT2D eigenvalue weighted by molar-refractivity contribution is -0.123. The Balaban J connectivity index is 1.53. The first-order valence-corrected chi connectivity index (χ1v) is 7.97. The van der Waals surface area contributed by atoms with Crippen LogP contribution in [0.1, 0.15) is 27.4 Å². The van der Waals surface area contributed by atoms with E-state index in [4.69, 9.17) is 4.74 Å². The second-order valence-electron chi connectivity index (χ2n) is 5.90. The van der Waals surface area contributed by atoms with Crippen molar-refractivity contribution < 1.29 is 14.3 Å². The van der Waals surface area contributed by atoms with E-state index in [9.17, 15) is 9.59 Å². The van der Waals surface area contributed by atoms with E-state index < -0.39 is 0 Å². The normalized spacial score (nSPS) is 16.0. The van der Waals surface area contributed by atoms with Gasteiger partial charge in [0.05, 0.1) is 0 Å². The molecule has 24 heavy (non-hydrogen) atoms. The number of hydrogen-bond donors (Lipinski definition) is 2. The number of carbonyl (C=O) groups is 2. The third-order valence-corrected chi connectivity index (χ3v) is 4.06. The predicted octanol–water partition coefficient (Wildman–Crippen LogP) is 2.02. The van der Waals surface area contributed by atoms with Gasteiger partial charge in [-0.3, -0.25) is 9.59 Å². The quantitative estimate of drug-likeness (QED) is 0.884. The first-order chi connectivity index (χ1) is 11.6. The molecule has 0 bridgehead atoms. The monoisotopic (exact) mass is 324 g/mol. The minimum atomic E-state index is -0.175. The maximum Gasteiger partial charge on any atom is 0.257 e. The molecule has 1 aliphatic heterocycles. The number of rotatable bonds is 5. The van der Waals surface area contributed by atoms with Crippen molar-refractivity contribution in [3.8, 4) is 5.75 Å². The van der Waals surface area contributed by atoms with Gasteiger partial charge in [-0.2, -0.15) is 0 Å². The summed E-state index contributed by atoms with van der Waals surface area (Å²) in [5.74, 6) is 0.518. The van der Waals surface area contributed by atoms with E-state index in [0.717, 1.165) is 11.1 Å². The Bertz CT molecular complexity index is 758. The molecule has 0 radical (unpaired) electrons. The molecule has 5 nitrogen and oxygen atoms in total. The molecule has 1 atom stereocenters. The van der Waals surface area contributed by atoms with Gasteiger partial charge in [0.25, 0.3) is 11.8 Å². The van der Waals surface area contributed by atoms with Crippen LogP contribution in [0.2, 0.25) is 0 Å². The highest BCUT2D eigenvalue weighted by molar-refractivity contribution is 5.97. The highest BCUT2D eigenvalue weighted by Gasteiger charge is 2.24. The predicted molar refractivity (Wildman–Crippen MR) is 91.2 cm³/mol. The van der Waals surface area contributed by atoms with Crippen molar-refractivity contribution in [2.45, 2.75) is 12.8 Å². The lowest BCUT2D eigenvalue weighted by atomic mass is 9.90. The average Bonchev–Trinajstić information content (AvgIpc) is 2.60. The van der Waals surface area contributed by atoms with Crippen LogP contribution in [0.25, 0.3) is 0 Å². The fraction of sp³-hybridized carbons (Fsp3) is 0.263. The van der Waals surface area contributed by atoms with Crippen LogP contribution in [-0.4, -0.2) is 31.5 Å². The second-order valence-corrected chi connectivity index (χ2v) is 5.90. The first kappa shape index (κ1) is 16.1. The van der Waals surface area contributed by atoms with Crippen molar-refractivity contribution in [1.82, 2.24) is 10.6 Å². The van der Waals surface area contributed by atoms with Crippen molar-refractivity contribution in [3.63, 3.8) is 0 Å². The van der Waals surface area contributed by atoms with Gasteiger partial charge in [0.2, 0.25) is 0 Å². The van der Waals surface area contributed by atoms with E-state index in [1.807, 2.05) is 49.4 Å². The standard InChI is InChI=1S/C19H20N2O3/c1-13-5-4-6-15(9-13)24-12-18(22)20-10-14-11-21-19(23)17-8-3-2-7-16(14)17/h2-9,14H,10-12H2,1H3,(H,20,22)(H,21,23). The molecule has 1 unspecified atom stereocenters. The van der Waals surface area contributed by atoms with E-state index in [-0.39, 0.29) is 24.3 Å². The SMILES string of the molecule is Cc1cccc(OCC(=O)NCC2CNC(=O)c3ccccc32)c1. The Hall–Kier alpha value is -2.82. The number of aryl methyl sites for hydroxylation is 1. The summed E-state index contributed by atoms with van der Waals surface area (Å²) in [6.45, 7) is 2.94. The molecule has 2 amide bonds. The van der Waals surface area contributed by atoms with Crippen molar-refractivity contribution in [2.24, 2.45) is 0 Å². The van der Waals surface area contributed by atoms with Gasteiger partial charge in [-0.1, -0.05) is 30.3 Å². The van der Waals surface area contributed by atoms with Crippen molar-refractivity contribution in [1.29, 1.82) is 0 Å². The number of hydrogen-bond acceptors (Lipinski definition) is 3. The highest BCUT2D eigenvalue weighted by Crippen LogP contribution is 2.23. The molecule has 2 aromatic rings. The summed E-state index contributed by atoms with van der Waals surface area (Å²) >= 11 is 0. The van der Waals surface area contributed by atoms with Crippen LogP contribution in [-0.2, 0) is 4.79 Å². The van der Waals surface area contributed by atoms with Crippen LogP contribution >= 0.6 is 0 Å². The fourth-order valence-electron chi connectivity index (χ4n) is 2.81. The minimum absolute atomic E-state index is 0.0236. The first-order valence-electron chi connectivity index (χ1n) is 7.97. The van der Waals surface area contributed by atoms with Gasteiger partial charge in [-0.15, -0.1) is 0 Å². The zero-order valence-corrected chi connectivity index (χ0v) is 13.5. The van der Waals surface area contributed by atoms with Gasteiger partial charge in [0.15, 0.2) is 6.61 Å². The molecular weight excluding hydrogens is 304 g/mol. The summed E-state index contributed by atoms with van der Waals surface area (Å²) < 4.78 is 5.49. The van der Waals surface area contributed by atoms with Crippen molar-refractivity contribution in [3.05, 3.63) is 65.2 Å². The number of nitrogens with one attached hydrogen (secondary N) is 2. The van der Waals surface area contributed by atoms with Crippen molar-refractivity contribution in [2.75, 3.05) is 19.7 Å². The Morgan fingerprint density at radius 1 is 1.25 bits per heavy atom. The zero-order chi connectivity index (χ0) is 16.9. The molecule has 1 heterocycles. The van der Waals surface area contributed by atoms with Crippen LogP contribution in [0, 0.1) is 6.92 Å². The highest BCUT2D eigenvalue weighted by atomic mass is 16.5. The maximum atomic E-state index is 12.0. The molecule has 2 N–H and O–H groups in total. The zero-order valence-electron chi connectivity index (χ0n) is 13.5. The molecule has 0 saturated carbocycles. The Kier molecular flexibility index (Phi) is 4.79. The number of carbonyl (C=O) groups excluding carboxylic acids is 2. The molecule has 5 heteroatoms. The molecule has 124 valence electrons. The summed E-state index contributed by atoms with van der Waals surface area (Å²) in [4.78, 5) is 23.8. The smallest absolute Gasteiger partial charge is 0.257 e. The van der Waals surface area contributed by atoms with Crippen LogP contribution in [0.3, 0.4) is 0 Å². The maximum absolute atomic E-state index is 12.0. The van der Waals surface area contributed by atoms with Crippen LogP contribution < -0.4 is 15.4 Å². The number of benzene rings is 2. The van der Waals surface area contributed by atoms with E-state index in [2.05, 4.69) is 10.6 Å². The van der Waals surface area contributed by atoms with Gasteiger partial charge in [-0.05, 0) is 36.2 Å². The fourth-order valence-corrected chi connectivity index (χ4v) is 2.81. The van der Waals surface area contributed by atoms with Crippen LogP contribution in [0.4, 0.5) is 0 Å². The molecule has 2 aromatic carbocycles. The van der Waals surface area contributed by atoms with E-state index in [1.54, 1.807) is 6.07 Å². The lowest BCUT2D eigenvalue weighted by Gasteiger charge is -2.25. The van der Waals surface area contributed by atoms with Crippen molar-refractivity contribution >= 4 is 11.8 Å². The molecule has 3 rings (SSSR count). The summed E-state index contributed by atoms with van der Waals surface area (Å²) in [7, 11) is 0. The van der Waals surface area contributed by atoms with E-state index in [1.165, 1.54) is 0 Å². The Labute approximate surface area is 141 Å². The number of amides is 2. The topological polar surface area (TPSA) is 67.4 Å². The third-order valence-electron chi connectivity index (χ3n) is 4.06. The largest absolute Gasteiger partial charge is 0.484 e. The third kappa shape index (κ3) is 3.74. The molecule has 0 aliphatic carbocycles. The summed E-state index contributed by atoms with van der Waals surface area (Å²) in [6.07, 6.45) is 0.